The minimum absolute atomic E-state index is 0.0233. The van der Waals surface area contributed by atoms with E-state index in [0.717, 1.165) is 30.8 Å². The van der Waals surface area contributed by atoms with Crippen molar-refractivity contribution >= 4 is 5.91 Å². The highest BCUT2D eigenvalue weighted by Gasteiger charge is 2.30. The molecule has 1 aromatic heterocycles. The fourth-order valence-electron chi connectivity index (χ4n) is 3.03. The Labute approximate surface area is 140 Å². The molecule has 3 rings (SSSR count). The van der Waals surface area contributed by atoms with Crippen molar-refractivity contribution in [3.05, 3.63) is 35.9 Å². The van der Waals surface area contributed by atoms with Gasteiger partial charge in [-0.3, -0.25) is 14.8 Å². The maximum absolute atomic E-state index is 13.0. The summed E-state index contributed by atoms with van der Waals surface area (Å²) in [7, 11) is 0. The lowest BCUT2D eigenvalue weighted by molar-refractivity contribution is -0.123. The van der Waals surface area contributed by atoms with Crippen LogP contribution in [0.1, 0.15) is 38.6 Å². The number of H-pyrrole nitrogens is 1. The number of carbonyl (C=O) groups is 1. The minimum Gasteiger partial charge on any atom is -0.353 e. The zero-order valence-electron chi connectivity index (χ0n) is 13.9. The molecule has 1 saturated heterocycles. The van der Waals surface area contributed by atoms with Crippen LogP contribution in [0.25, 0.3) is 11.4 Å². The predicted molar refractivity (Wildman–Crippen MR) is 88.6 cm³/mol. The lowest BCUT2D eigenvalue weighted by Crippen LogP contribution is -2.40. The van der Waals surface area contributed by atoms with Crippen molar-refractivity contribution < 1.29 is 9.18 Å². The number of nitrogens with zero attached hydrogens (tertiary/aromatic N) is 3. The first-order valence-corrected chi connectivity index (χ1v) is 8.24. The summed E-state index contributed by atoms with van der Waals surface area (Å²) in [6.07, 6.45) is 1.96. The van der Waals surface area contributed by atoms with Crippen molar-refractivity contribution in [3.8, 4) is 11.4 Å². The second-order valence-electron chi connectivity index (χ2n) is 6.40. The van der Waals surface area contributed by atoms with Crippen molar-refractivity contribution in [1.29, 1.82) is 0 Å². The van der Waals surface area contributed by atoms with E-state index in [1.165, 1.54) is 12.1 Å². The van der Waals surface area contributed by atoms with E-state index in [2.05, 4.69) is 25.4 Å². The highest BCUT2D eigenvalue weighted by molar-refractivity contribution is 5.78. The van der Waals surface area contributed by atoms with Gasteiger partial charge in [0.1, 0.15) is 11.6 Å². The molecule has 1 aromatic carbocycles. The van der Waals surface area contributed by atoms with Crippen LogP contribution >= 0.6 is 0 Å². The first kappa shape index (κ1) is 16.6. The number of hydrogen-bond donors (Lipinski definition) is 2. The van der Waals surface area contributed by atoms with Gasteiger partial charge in [-0.2, -0.15) is 5.10 Å². The van der Waals surface area contributed by atoms with Crippen LogP contribution in [0.15, 0.2) is 24.3 Å². The largest absolute Gasteiger partial charge is 0.353 e. The summed E-state index contributed by atoms with van der Waals surface area (Å²) >= 11 is 0. The van der Waals surface area contributed by atoms with E-state index in [9.17, 15) is 9.18 Å². The van der Waals surface area contributed by atoms with Crippen molar-refractivity contribution in [2.45, 2.75) is 38.8 Å². The van der Waals surface area contributed by atoms with Crippen LogP contribution in [0, 0.1) is 5.82 Å². The molecule has 0 aliphatic carbocycles. The Hall–Kier alpha value is -2.28. The summed E-state index contributed by atoms with van der Waals surface area (Å²) in [5, 5.41) is 10.1. The number of likely N-dealkylation sites (tertiary alicyclic amines) is 1. The molecule has 0 unspecified atom stereocenters. The normalized spacial score (nSPS) is 18.2. The van der Waals surface area contributed by atoms with Crippen molar-refractivity contribution in [3.63, 3.8) is 0 Å². The minimum atomic E-state index is -0.285. The first-order valence-electron chi connectivity index (χ1n) is 8.24. The molecule has 2 heterocycles. The van der Waals surface area contributed by atoms with Crippen molar-refractivity contribution in [2.75, 3.05) is 13.1 Å². The molecule has 128 valence electrons. The number of amides is 1. The van der Waals surface area contributed by atoms with Crippen LogP contribution in [0.4, 0.5) is 4.39 Å². The molecule has 0 saturated carbocycles. The molecule has 1 fully saturated rings. The molecule has 0 spiro atoms. The maximum atomic E-state index is 13.0. The molecule has 1 atom stereocenters. The summed E-state index contributed by atoms with van der Waals surface area (Å²) < 4.78 is 13.0. The number of nitrogens with one attached hydrogen (secondary N) is 2. The number of carbonyl (C=O) groups excluding carboxylic acids is 1. The second-order valence-corrected chi connectivity index (χ2v) is 6.40. The van der Waals surface area contributed by atoms with Gasteiger partial charge in [-0.15, -0.1) is 0 Å². The molecule has 0 radical (unpaired) electrons. The molecular weight excluding hydrogens is 309 g/mol. The molecule has 24 heavy (non-hydrogen) atoms. The number of hydrogen-bond acceptors (Lipinski definition) is 4. The molecule has 2 N–H and O–H groups in total. The van der Waals surface area contributed by atoms with Crippen LogP contribution in [-0.4, -0.2) is 45.1 Å². The number of benzene rings is 1. The molecule has 6 nitrogen and oxygen atoms in total. The molecule has 0 bridgehead atoms. The Morgan fingerprint density at radius 3 is 2.88 bits per heavy atom. The van der Waals surface area contributed by atoms with Crippen LogP contribution in [0.5, 0.6) is 0 Å². The predicted octanol–water partition coefficient (Wildman–Crippen LogP) is 2.27. The maximum Gasteiger partial charge on any atom is 0.234 e. The van der Waals surface area contributed by atoms with Gasteiger partial charge >= 0.3 is 0 Å². The van der Waals surface area contributed by atoms with Gasteiger partial charge in [-0.05, 0) is 57.5 Å². The quantitative estimate of drug-likeness (QED) is 0.881. The fourth-order valence-corrected chi connectivity index (χ4v) is 3.03. The van der Waals surface area contributed by atoms with E-state index in [1.54, 1.807) is 12.1 Å². The monoisotopic (exact) mass is 331 g/mol. The van der Waals surface area contributed by atoms with Gasteiger partial charge in [-0.1, -0.05) is 0 Å². The number of aromatic amines is 1. The van der Waals surface area contributed by atoms with E-state index in [0.29, 0.717) is 12.4 Å². The van der Waals surface area contributed by atoms with Crippen LogP contribution in [0.2, 0.25) is 0 Å². The van der Waals surface area contributed by atoms with Gasteiger partial charge in [0, 0.05) is 11.6 Å². The van der Waals surface area contributed by atoms with E-state index in [4.69, 9.17) is 0 Å². The summed E-state index contributed by atoms with van der Waals surface area (Å²) in [6.45, 7) is 5.12. The molecule has 1 aliphatic rings. The zero-order valence-corrected chi connectivity index (χ0v) is 13.9. The van der Waals surface area contributed by atoms with Crippen LogP contribution < -0.4 is 5.32 Å². The Kier molecular flexibility index (Phi) is 4.89. The summed E-state index contributed by atoms with van der Waals surface area (Å²) in [6, 6.07) is 6.29. The number of rotatable bonds is 5. The van der Waals surface area contributed by atoms with E-state index in [1.807, 2.05) is 13.8 Å². The fraction of sp³-hybridized carbons (Fsp3) is 0.471. The molecule has 1 amide bonds. The van der Waals surface area contributed by atoms with Crippen molar-refractivity contribution in [1.82, 2.24) is 25.4 Å². The highest BCUT2D eigenvalue weighted by Crippen LogP contribution is 2.30. The zero-order chi connectivity index (χ0) is 17.1. The lowest BCUT2D eigenvalue weighted by Gasteiger charge is -2.22. The third-order valence-corrected chi connectivity index (χ3v) is 4.08. The van der Waals surface area contributed by atoms with Crippen LogP contribution in [-0.2, 0) is 4.79 Å². The first-order chi connectivity index (χ1) is 11.5. The second kappa shape index (κ2) is 7.09. The average Bonchev–Trinajstić information content (AvgIpc) is 3.16. The smallest absolute Gasteiger partial charge is 0.234 e. The third-order valence-electron chi connectivity index (χ3n) is 4.08. The van der Waals surface area contributed by atoms with E-state index < -0.39 is 0 Å². The number of aromatic nitrogens is 3. The molecular formula is C17H22FN5O. The van der Waals surface area contributed by atoms with E-state index >= 15 is 0 Å². The average molecular weight is 331 g/mol. The summed E-state index contributed by atoms with van der Waals surface area (Å²) in [4.78, 5) is 18.7. The molecule has 1 aliphatic heterocycles. The lowest BCUT2D eigenvalue weighted by atomic mass is 10.2. The van der Waals surface area contributed by atoms with Gasteiger partial charge in [-0.25, -0.2) is 9.37 Å². The van der Waals surface area contributed by atoms with Gasteiger partial charge in [0.15, 0.2) is 5.82 Å². The van der Waals surface area contributed by atoms with Gasteiger partial charge in [0.25, 0.3) is 0 Å². The summed E-state index contributed by atoms with van der Waals surface area (Å²) in [5.74, 6) is 1.04. The SMILES string of the molecule is CC(C)NC(=O)CN1CCC[C@H]1c1nc(-c2ccc(F)cc2)n[nH]1. The Morgan fingerprint density at radius 2 is 2.17 bits per heavy atom. The molecule has 2 aromatic rings. The number of halogens is 1. The van der Waals surface area contributed by atoms with Gasteiger partial charge in [0.05, 0.1) is 12.6 Å². The van der Waals surface area contributed by atoms with Crippen molar-refractivity contribution in [2.24, 2.45) is 0 Å². The summed E-state index contributed by atoms with van der Waals surface area (Å²) in [5.41, 5.74) is 0.765. The van der Waals surface area contributed by atoms with Crippen LogP contribution in [0.3, 0.4) is 0 Å². The molecule has 7 heteroatoms. The Morgan fingerprint density at radius 1 is 1.42 bits per heavy atom. The Balaban J connectivity index is 1.71. The van der Waals surface area contributed by atoms with Gasteiger partial charge in [0.2, 0.25) is 5.91 Å². The standard InChI is InChI=1S/C17H22FN5O/c1-11(2)19-15(24)10-23-9-3-4-14(23)17-20-16(21-22-17)12-5-7-13(18)8-6-12/h5-8,11,14H,3-4,9-10H2,1-2H3,(H,19,24)(H,20,21,22)/t14-/m0/s1. The Bertz CT molecular complexity index is 697. The topological polar surface area (TPSA) is 73.9 Å². The van der Waals surface area contributed by atoms with E-state index in [-0.39, 0.29) is 23.8 Å². The van der Waals surface area contributed by atoms with Gasteiger partial charge < -0.3 is 5.32 Å². The third kappa shape index (κ3) is 3.79. The highest BCUT2D eigenvalue weighted by atomic mass is 19.1.